The Morgan fingerprint density at radius 1 is 1.18 bits per heavy atom. The van der Waals surface area contributed by atoms with Gasteiger partial charge in [-0.15, -0.1) is 11.6 Å². The fourth-order valence-corrected chi connectivity index (χ4v) is 1.10. The van der Waals surface area contributed by atoms with E-state index in [9.17, 15) is 5.11 Å². The fourth-order valence-electron chi connectivity index (χ4n) is 0.899. The van der Waals surface area contributed by atoms with Crippen LogP contribution >= 0.6 is 11.6 Å². The predicted molar refractivity (Wildman–Crippen MR) is 46.9 cm³/mol. The van der Waals surface area contributed by atoms with Crippen molar-refractivity contribution in [2.24, 2.45) is 0 Å². The van der Waals surface area contributed by atoms with Crippen molar-refractivity contribution in [2.75, 3.05) is 5.88 Å². The maximum atomic E-state index is 9.21. The Bertz CT molecular complexity index is 88.2. The van der Waals surface area contributed by atoms with E-state index in [-0.39, 0.29) is 5.88 Å². The minimum absolute atomic E-state index is 0.118. The van der Waals surface area contributed by atoms with Crippen molar-refractivity contribution in [2.45, 2.75) is 44.8 Å². The highest BCUT2D eigenvalue weighted by Crippen LogP contribution is 2.07. The van der Waals surface area contributed by atoms with E-state index in [1.807, 2.05) is 0 Å². The van der Waals surface area contributed by atoms with Gasteiger partial charge in [-0.1, -0.05) is 26.2 Å². The van der Waals surface area contributed by atoms with E-state index < -0.39 is 12.2 Å². The predicted octanol–water partition coefficient (Wildman–Crippen LogP) is 1.53. The summed E-state index contributed by atoms with van der Waals surface area (Å²) in [4.78, 5) is 0. The van der Waals surface area contributed by atoms with E-state index in [2.05, 4.69) is 6.92 Å². The molecule has 0 rings (SSSR count). The fraction of sp³-hybridized carbons (Fsp3) is 1.00. The smallest absolute Gasteiger partial charge is 0.0933 e. The molecule has 0 unspecified atom stereocenters. The summed E-state index contributed by atoms with van der Waals surface area (Å²) < 4.78 is 0. The maximum absolute atomic E-state index is 9.21. The Labute approximate surface area is 73.2 Å². The van der Waals surface area contributed by atoms with Crippen LogP contribution in [0.3, 0.4) is 0 Å². The Balaban J connectivity index is 3.28. The summed E-state index contributed by atoms with van der Waals surface area (Å²) in [6.45, 7) is 2.10. The Kier molecular flexibility index (Phi) is 7.02. The summed E-state index contributed by atoms with van der Waals surface area (Å²) in [6, 6.07) is 0. The van der Waals surface area contributed by atoms with E-state index in [0.29, 0.717) is 6.42 Å². The summed E-state index contributed by atoms with van der Waals surface area (Å²) >= 11 is 5.35. The average Bonchev–Trinajstić information content (AvgIpc) is 2.03. The molecule has 0 aromatic carbocycles. The SMILES string of the molecule is CCCCC[C@H](O)[C@@H](O)CCl. The molecule has 2 N–H and O–H groups in total. The lowest BCUT2D eigenvalue weighted by molar-refractivity contribution is 0.0268. The van der Waals surface area contributed by atoms with Gasteiger partial charge in [-0.3, -0.25) is 0 Å². The second-order valence-corrected chi connectivity index (χ2v) is 3.09. The van der Waals surface area contributed by atoms with Crippen molar-refractivity contribution >= 4 is 11.6 Å². The number of halogens is 1. The minimum atomic E-state index is -0.756. The molecule has 2 nitrogen and oxygen atoms in total. The van der Waals surface area contributed by atoms with Crippen molar-refractivity contribution in [3.8, 4) is 0 Å². The first-order chi connectivity index (χ1) is 5.22. The highest BCUT2D eigenvalue weighted by Gasteiger charge is 2.13. The number of aliphatic hydroxyl groups excluding tert-OH is 2. The zero-order chi connectivity index (χ0) is 8.69. The van der Waals surface area contributed by atoms with E-state index in [1.54, 1.807) is 0 Å². The molecule has 0 saturated carbocycles. The molecule has 68 valence electrons. The van der Waals surface area contributed by atoms with Crippen molar-refractivity contribution in [3.05, 3.63) is 0 Å². The van der Waals surface area contributed by atoms with Crippen LogP contribution in [0.15, 0.2) is 0 Å². The number of rotatable bonds is 6. The largest absolute Gasteiger partial charge is 0.390 e. The second kappa shape index (κ2) is 6.89. The minimum Gasteiger partial charge on any atom is -0.390 e. The summed E-state index contributed by atoms with van der Waals surface area (Å²) in [5.41, 5.74) is 0. The summed E-state index contributed by atoms with van der Waals surface area (Å²) in [6.07, 6.45) is 2.45. The molecule has 0 fully saturated rings. The van der Waals surface area contributed by atoms with Gasteiger partial charge in [-0.25, -0.2) is 0 Å². The lowest BCUT2D eigenvalue weighted by Gasteiger charge is -2.14. The van der Waals surface area contributed by atoms with Gasteiger partial charge in [0.1, 0.15) is 0 Å². The van der Waals surface area contributed by atoms with Crippen LogP contribution in [0.1, 0.15) is 32.6 Å². The van der Waals surface area contributed by atoms with Gasteiger partial charge in [-0.2, -0.15) is 0 Å². The second-order valence-electron chi connectivity index (χ2n) is 2.78. The summed E-state index contributed by atoms with van der Waals surface area (Å²) in [5, 5.41) is 18.3. The van der Waals surface area contributed by atoms with Crippen LogP contribution in [0.2, 0.25) is 0 Å². The molecule has 0 amide bonds. The van der Waals surface area contributed by atoms with Crippen LogP contribution in [-0.2, 0) is 0 Å². The van der Waals surface area contributed by atoms with Crippen LogP contribution in [0.4, 0.5) is 0 Å². The van der Waals surface area contributed by atoms with Gasteiger partial charge in [0, 0.05) is 0 Å². The molecule has 0 bridgehead atoms. The van der Waals surface area contributed by atoms with Gasteiger partial charge in [-0.05, 0) is 6.42 Å². The first kappa shape index (κ1) is 11.2. The molecule has 0 aliphatic rings. The normalized spacial score (nSPS) is 16.4. The van der Waals surface area contributed by atoms with Crippen LogP contribution < -0.4 is 0 Å². The molecular formula is C8H17ClO2. The van der Waals surface area contributed by atoms with Crippen molar-refractivity contribution < 1.29 is 10.2 Å². The van der Waals surface area contributed by atoms with Gasteiger partial charge in [0.15, 0.2) is 0 Å². The molecular weight excluding hydrogens is 164 g/mol. The standard InChI is InChI=1S/C8H17ClO2/c1-2-3-4-5-7(10)8(11)6-9/h7-8,10-11H,2-6H2,1H3/t7-,8-/m0/s1. The Hall–Kier alpha value is 0.210. The number of alkyl halides is 1. The third kappa shape index (κ3) is 5.48. The van der Waals surface area contributed by atoms with Crippen molar-refractivity contribution in [1.29, 1.82) is 0 Å². The molecule has 0 spiro atoms. The summed E-state index contributed by atoms with van der Waals surface area (Å²) in [5.74, 6) is 0.118. The third-order valence-corrected chi connectivity index (χ3v) is 2.02. The van der Waals surface area contributed by atoms with Crippen LogP contribution in [0.5, 0.6) is 0 Å². The summed E-state index contributed by atoms with van der Waals surface area (Å²) in [7, 11) is 0. The highest BCUT2D eigenvalue weighted by atomic mass is 35.5. The Morgan fingerprint density at radius 2 is 1.82 bits per heavy atom. The number of hydrogen-bond acceptors (Lipinski definition) is 2. The molecule has 0 aliphatic carbocycles. The number of hydrogen-bond donors (Lipinski definition) is 2. The lowest BCUT2D eigenvalue weighted by atomic mass is 10.1. The molecule has 3 heteroatoms. The molecule has 0 heterocycles. The molecule has 11 heavy (non-hydrogen) atoms. The van der Waals surface area contributed by atoms with Gasteiger partial charge in [0.25, 0.3) is 0 Å². The van der Waals surface area contributed by atoms with Crippen molar-refractivity contribution in [1.82, 2.24) is 0 Å². The van der Waals surface area contributed by atoms with Gasteiger partial charge >= 0.3 is 0 Å². The third-order valence-electron chi connectivity index (χ3n) is 1.71. The lowest BCUT2D eigenvalue weighted by Crippen LogP contribution is -2.27. The Morgan fingerprint density at radius 3 is 2.27 bits per heavy atom. The van der Waals surface area contributed by atoms with Gasteiger partial charge in [0.05, 0.1) is 18.1 Å². The number of aliphatic hydroxyl groups is 2. The van der Waals surface area contributed by atoms with Crippen LogP contribution in [-0.4, -0.2) is 28.3 Å². The van der Waals surface area contributed by atoms with Gasteiger partial charge in [0.2, 0.25) is 0 Å². The van der Waals surface area contributed by atoms with E-state index >= 15 is 0 Å². The van der Waals surface area contributed by atoms with Crippen molar-refractivity contribution in [3.63, 3.8) is 0 Å². The van der Waals surface area contributed by atoms with Crippen LogP contribution in [0.25, 0.3) is 0 Å². The zero-order valence-electron chi connectivity index (χ0n) is 6.96. The molecule has 0 aliphatic heterocycles. The first-order valence-corrected chi connectivity index (χ1v) is 4.68. The first-order valence-electron chi connectivity index (χ1n) is 4.14. The molecule has 0 radical (unpaired) electrons. The quantitative estimate of drug-likeness (QED) is 0.481. The maximum Gasteiger partial charge on any atom is 0.0933 e. The molecule has 0 aromatic rings. The van der Waals surface area contributed by atoms with Gasteiger partial charge < -0.3 is 10.2 Å². The topological polar surface area (TPSA) is 40.5 Å². The van der Waals surface area contributed by atoms with E-state index in [1.165, 1.54) is 0 Å². The molecule has 0 saturated heterocycles. The average molecular weight is 181 g/mol. The number of unbranched alkanes of at least 4 members (excludes halogenated alkanes) is 2. The van der Waals surface area contributed by atoms with E-state index in [4.69, 9.17) is 16.7 Å². The van der Waals surface area contributed by atoms with E-state index in [0.717, 1.165) is 19.3 Å². The molecule has 2 atom stereocenters. The zero-order valence-corrected chi connectivity index (χ0v) is 7.72. The monoisotopic (exact) mass is 180 g/mol. The highest BCUT2D eigenvalue weighted by molar-refractivity contribution is 6.18. The van der Waals surface area contributed by atoms with Crippen LogP contribution in [0, 0.1) is 0 Å². The molecule has 0 aromatic heterocycles.